The van der Waals surface area contributed by atoms with E-state index in [-0.39, 0.29) is 5.84 Å². The number of amidine groups is 1. The van der Waals surface area contributed by atoms with Gasteiger partial charge in [0.15, 0.2) is 5.54 Å². The quantitative estimate of drug-likeness (QED) is 0.589. The highest BCUT2D eigenvalue weighted by molar-refractivity contribution is 5.92. The second-order valence-electron chi connectivity index (χ2n) is 5.57. The zero-order valence-corrected chi connectivity index (χ0v) is 11.5. The van der Waals surface area contributed by atoms with Crippen LogP contribution in [-0.4, -0.2) is 36.3 Å². The van der Waals surface area contributed by atoms with E-state index in [9.17, 15) is 10.4 Å². The molecular formula is C12H19N4O2. The van der Waals surface area contributed by atoms with Crippen molar-refractivity contribution in [1.29, 1.82) is 0 Å². The van der Waals surface area contributed by atoms with Gasteiger partial charge in [-0.3, -0.25) is 4.74 Å². The van der Waals surface area contributed by atoms with Crippen LogP contribution in [0.4, 0.5) is 0 Å². The maximum atomic E-state index is 12.4. The van der Waals surface area contributed by atoms with E-state index in [1.165, 1.54) is 0 Å². The molecule has 1 radical (unpaired) electrons. The highest BCUT2D eigenvalue weighted by Gasteiger charge is 2.60. The van der Waals surface area contributed by atoms with Gasteiger partial charge in [0.25, 0.3) is 0 Å². The Kier molecular flexibility index (Phi) is 2.66. The van der Waals surface area contributed by atoms with Crippen LogP contribution in [-0.2, 0) is 11.8 Å². The summed E-state index contributed by atoms with van der Waals surface area (Å²) in [7, 11) is 0. The molecule has 0 N–H and O–H groups in total. The third-order valence-electron chi connectivity index (χ3n) is 4.15. The van der Waals surface area contributed by atoms with Crippen LogP contribution in [0.3, 0.4) is 0 Å². The van der Waals surface area contributed by atoms with Crippen LogP contribution in [0.2, 0.25) is 0 Å². The second kappa shape index (κ2) is 3.71. The third-order valence-corrected chi connectivity index (χ3v) is 4.15. The minimum absolute atomic E-state index is 0.0943. The molecule has 1 aromatic rings. The molecule has 0 saturated carbocycles. The lowest BCUT2D eigenvalue weighted by Gasteiger charge is -2.32. The van der Waals surface area contributed by atoms with E-state index in [1.54, 1.807) is 44.7 Å². The summed E-state index contributed by atoms with van der Waals surface area (Å²) < 4.78 is 2.58. The van der Waals surface area contributed by atoms with E-state index in [0.29, 0.717) is 12.4 Å². The SMILES string of the molecule is CCn1ccnc1C1=[N+]([O-])C(C)(C)C(C)(C)N1[O]. The van der Waals surface area contributed by atoms with Crippen molar-refractivity contribution in [2.24, 2.45) is 0 Å². The summed E-state index contributed by atoms with van der Waals surface area (Å²) in [6.07, 6.45) is 3.37. The highest BCUT2D eigenvalue weighted by atomic mass is 16.5. The highest BCUT2D eigenvalue weighted by Crippen LogP contribution is 2.36. The summed E-state index contributed by atoms with van der Waals surface area (Å²) in [6, 6.07) is 0. The smallest absolute Gasteiger partial charge is 0.353 e. The molecule has 18 heavy (non-hydrogen) atoms. The summed E-state index contributed by atoms with van der Waals surface area (Å²) in [4.78, 5) is 4.14. The van der Waals surface area contributed by atoms with E-state index >= 15 is 0 Å². The first-order valence-corrected chi connectivity index (χ1v) is 6.08. The Morgan fingerprint density at radius 3 is 2.44 bits per heavy atom. The molecule has 0 aromatic carbocycles. The molecule has 1 aliphatic rings. The molecule has 0 bridgehead atoms. The van der Waals surface area contributed by atoms with E-state index in [0.717, 1.165) is 9.80 Å². The minimum atomic E-state index is -0.797. The van der Waals surface area contributed by atoms with Crippen molar-refractivity contribution < 1.29 is 9.95 Å². The monoisotopic (exact) mass is 251 g/mol. The zero-order chi connectivity index (χ0) is 13.7. The fraction of sp³-hybridized carbons (Fsp3) is 0.667. The molecule has 2 rings (SSSR count). The van der Waals surface area contributed by atoms with Crippen LogP contribution in [0.1, 0.15) is 40.4 Å². The van der Waals surface area contributed by atoms with Gasteiger partial charge in [-0.05, 0) is 34.6 Å². The number of imidazole rings is 1. The van der Waals surface area contributed by atoms with Gasteiger partial charge in [-0.25, -0.2) is 4.98 Å². The number of nitrogens with zero attached hydrogens (tertiary/aromatic N) is 4. The van der Waals surface area contributed by atoms with Crippen LogP contribution in [0.15, 0.2) is 12.4 Å². The molecule has 1 aliphatic heterocycles. The Balaban J connectivity index is 2.61. The van der Waals surface area contributed by atoms with Crippen molar-refractivity contribution in [3.05, 3.63) is 23.4 Å². The molecule has 1 aromatic heterocycles. The van der Waals surface area contributed by atoms with Crippen LogP contribution >= 0.6 is 0 Å². The summed E-state index contributed by atoms with van der Waals surface area (Å²) in [5, 5.41) is 25.6. The van der Waals surface area contributed by atoms with Crippen molar-refractivity contribution in [3.63, 3.8) is 0 Å². The lowest BCUT2D eigenvalue weighted by Crippen LogP contribution is -2.53. The Hall–Kier alpha value is -1.56. The van der Waals surface area contributed by atoms with Crippen LogP contribution in [0.25, 0.3) is 0 Å². The molecule has 0 atom stereocenters. The Bertz CT molecular complexity index is 502. The van der Waals surface area contributed by atoms with Gasteiger partial charge in [0.2, 0.25) is 5.82 Å². The fourth-order valence-corrected chi connectivity index (χ4v) is 2.06. The first-order valence-electron chi connectivity index (χ1n) is 6.08. The molecule has 0 spiro atoms. The summed E-state index contributed by atoms with van der Waals surface area (Å²) >= 11 is 0. The number of hydrogen-bond donors (Lipinski definition) is 0. The largest absolute Gasteiger partial charge is 0.714 e. The van der Waals surface area contributed by atoms with Gasteiger partial charge in [-0.2, -0.15) is 0 Å². The van der Waals surface area contributed by atoms with Crippen molar-refractivity contribution in [2.75, 3.05) is 0 Å². The van der Waals surface area contributed by atoms with Crippen LogP contribution in [0.5, 0.6) is 0 Å². The molecule has 0 unspecified atom stereocenters. The van der Waals surface area contributed by atoms with Gasteiger partial charge in [0.1, 0.15) is 5.54 Å². The lowest BCUT2D eigenvalue weighted by atomic mass is 9.84. The summed E-state index contributed by atoms with van der Waals surface area (Å²) in [6.45, 7) is 9.71. The molecule has 6 nitrogen and oxygen atoms in total. The summed E-state index contributed by atoms with van der Waals surface area (Å²) in [5.74, 6) is 0.526. The van der Waals surface area contributed by atoms with Crippen LogP contribution < -0.4 is 0 Å². The number of rotatable bonds is 2. The minimum Gasteiger partial charge on any atom is -0.714 e. The zero-order valence-electron chi connectivity index (χ0n) is 11.5. The van der Waals surface area contributed by atoms with E-state index < -0.39 is 11.1 Å². The Morgan fingerprint density at radius 2 is 2.00 bits per heavy atom. The van der Waals surface area contributed by atoms with Crippen molar-refractivity contribution >= 4 is 5.84 Å². The van der Waals surface area contributed by atoms with E-state index in [2.05, 4.69) is 4.98 Å². The van der Waals surface area contributed by atoms with Crippen LogP contribution in [0, 0.1) is 5.21 Å². The van der Waals surface area contributed by atoms with Gasteiger partial charge in [0, 0.05) is 24.1 Å². The van der Waals surface area contributed by atoms with E-state index in [4.69, 9.17) is 0 Å². The van der Waals surface area contributed by atoms with Gasteiger partial charge in [-0.15, -0.1) is 0 Å². The molecule has 6 heteroatoms. The lowest BCUT2D eigenvalue weighted by molar-refractivity contribution is -0.539. The van der Waals surface area contributed by atoms with Crippen molar-refractivity contribution in [3.8, 4) is 0 Å². The number of aromatic nitrogens is 2. The first-order chi connectivity index (χ1) is 8.25. The first kappa shape index (κ1) is 12.9. The van der Waals surface area contributed by atoms with Gasteiger partial charge < -0.3 is 9.77 Å². The predicted molar refractivity (Wildman–Crippen MR) is 66.3 cm³/mol. The van der Waals surface area contributed by atoms with Gasteiger partial charge >= 0.3 is 5.84 Å². The number of hydroxylamine groups is 3. The van der Waals surface area contributed by atoms with Gasteiger partial charge in [-0.1, -0.05) is 5.06 Å². The topological polar surface area (TPSA) is 67.0 Å². The number of hydrogen-bond acceptors (Lipinski definition) is 3. The Labute approximate surface area is 107 Å². The normalized spacial score (nSPS) is 21.8. The third kappa shape index (κ3) is 1.38. The molecule has 0 saturated heterocycles. The average Bonchev–Trinajstić information content (AvgIpc) is 2.80. The fourth-order valence-electron chi connectivity index (χ4n) is 2.06. The molecule has 0 fully saturated rings. The molecule has 0 aliphatic carbocycles. The molecule has 0 amide bonds. The molecule has 2 heterocycles. The maximum absolute atomic E-state index is 12.4. The molecule has 99 valence electrons. The van der Waals surface area contributed by atoms with Crippen molar-refractivity contribution in [2.45, 2.75) is 52.2 Å². The predicted octanol–water partition coefficient (Wildman–Crippen LogP) is 1.38. The van der Waals surface area contributed by atoms with Crippen molar-refractivity contribution in [1.82, 2.24) is 14.6 Å². The van der Waals surface area contributed by atoms with E-state index in [1.807, 2.05) is 6.92 Å². The maximum Gasteiger partial charge on any atom is 0.353 e. The average molecular weight is 251 g/mol. The second-order valence-corrected chi connectivity index (χ2v) is 5.57. The molecular weight excluding hydrogens is 232 g/mol. The standard InChI is InChI=1S/C12H19N4O2/c1-6-14-8-7-13-9(14)10-15(17)11(2,3)12(4,5)16(10)18/h7-8H,6H2,1-5H3. The van der Waals surface area contributed by atoms with Gasteiger partial charge in [0.05, 0.1) is 0 Å². The number of aryl methyl sites for hydroxylation is 1. The summed E-state index contributed by atoms with van der Waals surface area (Å²) in [5.41, 5.74) is -1.59. The Morgan fingerprint density at radius 1 is 1.39 bits per heavy atom.